The minimum absolute atomic E-state index is 0.0758. The lowest BCUT2D eigenvalue weighted by Crippen LogP contribution is -2.48. The van der Waals surface area contributed by atoms with Crippen LogP contribution in [0.15, 0.2) is 24.3 Å². The lowest BCUT2D eigenvalue weighted by atomic mass is 9.87. The summed E-state index contributed by atoms with van der Waals surface area (Å²) in [6.07, 6.45) is 1.31. The number of benzene rings is 1. The van der Waals surface area contributed by atoms with Gasteiger partial charge in [0.25, 0.3) is 0 Å². The predicted octanol–water partition coefficient (Wildman–Crippen LogP) is 2.34. The second-order valence-electron chi connectivity index (χ2n) is 5.26. The van der Waals surface area contributed by atoms with Crippen molar-refractivity contribution in [2.24, 2.45) is 5.92 Å². The third kappa shape index (κ3) is 3.17. The first kappa shape index (κ1) is 15.4. The number of carbonyl (C=O) groups excluding carboxylic acids is 1. The number of hydrogen-bond acceptors (Lipinski definition) is 4. The van der Waals surface area contributed by atoms with Crippen molar-refractivity contribution in [1.29, 1.82) is 0 Å². The van der Waals surface area contributed by atoms with Crippen LogP contribution in [0.3, 0.4) is 0 Å². The van der Waals surface area contributed by atoms with Gasteiger partial charge >= 0.3 is 5.97 Å². The predicted molar refractivity (Wildman–Crippen MR) is 79.8 cm³/mol. The molecule has 2 rings (SSSR count). The highest BCUT2D eigenvalue weighted by Crippen LogP contribution is 2.35. The molecule has 0 aliphatic carbocycles. The van der Waals surface area contributed by atoms with Gasteiger partial charge in [0.2, 0.25) is 0 Å². The molecule has 1 aliphatic rings. The number of carboxylic acid groups (broad SMARTS) is 1. The third-order valence-electron chi connectivity index (χ3n) is 4.07. The van der Waals surface area contributed by atoms with Crippen LogP contribution in [-0.4, -0.2) is 36.6 Å². The zero-order valence-electron chi connectivity index (χ0n) is 12.4. The Labute approximate surface area is 124 Å². The number of anilines is 1. The fraction of sp³-hybridized carbons (Fsp3) is 0.500. The lowest BCUT2D eigenvalue weighted by Gasteiger charge is -2.39. The Morgan fingerprint density at radius 2 is 2.10 bits per heavy atom. The minimum Gasteiger partial charge on any atom is -0.495 e. The summed E-state index contributed by atoms with van der Waals surface area (Å²) in [5, 5.41) is 9.21. The Morgan fingerprint density at radius 1 is 1.38 bits per heavy atom. The lowest BCUT2D eigenvalue weighted by molar-refractivity contribution is -0.142. The van der Waals surface area contributed by atoms with Crippen molar-refractivity contribution in [2.45, 2.75) is 32.2 Å². The van der Waals surface area contributed by atoms with Crippen LogP contribution in [0.4, 0.5) is 5.69 Å². The van der Waals surface area contributed by atoms with E-state index in [1.165, 1.54) is 0 Å². The highest BCUT2D eigenvalue weighted by Gasteiger charge is 2.36. The number of Topliss-reactive ketones (excluding diaryl/α,β-unsaturated/α-hetero) is 1. The maximum atomic E-state index is 12.2. The van der Waals surface area contributed by atoms with E-state index >= 15 is 0 Å². The van der Waals surface area contributed by atoms with E-state index in [9.17, 15) is 14.7 Å². The summed E-state index contributed by atoms with van der Waals surface area (Å²) in [7, 11) is 1.60. The number of rotatable bonds is 5. The summed E-state index contributed by atoms with van der Waals surface area (Å²) in [6.45, 7) is 2.36. The van der Waals surface area contributed by atoms with Gasteiger partial charge in [0.1, 0.15) is 5.75 Å². The van der Waals surface area contributed by atoms with Gasteiger partial charge in [-0.15, -0.1) is 0 Å². The average molecular weight is 291 g/mol. The molecule has 5 heteroatoms. The number of hydrogen-bond donors (Lipinski definition) is 1. The molecule has 1 aromatic carbocycles. The maximum absolute atomic E-state index is 12.2. The summed E-state index contributed by atoms with van der Waals surface area (Å²) in [5.41, 5.74) is 0.857. The van der Waals surface area contributed by atoms with Gasteiger partial charge in [0.05, 0.1) is 24.8 Å². The zero-order valence-corrected chi connectivity index (χ0v) is 12.4. The number of nitrogens with zero attached hydrogens (tertiary/aromatic N) is 1. The summed E-state index contributed by atoms with van der Waals surface area (Å²) in [5.74, 6) is -0.480. The minimum atomic E-state index is -0.816. The first-order chi connectivity index (χ1) is 10.1. The van der Waals surface area contributed by atoms with E-state index in [2.05, 4.69) is 0 Å². The Balaban J connectivity index is 2.32. The number of ether oxygens (including phenoxy) is 1. The molecule has 0 saturated carbocycles. The number of carboxylic acids is 1. The molecular formula is C16H21NO4. The SMILES string of the molecule is CCC(=O)C1CC(C(=O)O)CCN1c1ccccc1OC. The van der Waals surface area contributed by atoms with Crippen molar-refractivity contribution >= 4 is 17.4 Å². The number of para-hydroxylation sites is 2. The molecule has 0 spiro atoms. The molecule has 1 fully saturated rings. The molecule has 1 saturated heterocycles. The van der Waals surface area contributed by atoms with Crippen LogP contribution >= 0.6 is 0 Å². The largest absolute Gasteiger partial charge is 0.495 e. The topological polar surface area (TPSA) is 66.8 Å². The molecule has 0 radical (unpaired) electrons. The van der Waals surface area contributed by atoms with Crippen molar-refractivity contribution in [2.75, 3.05) is 18.6 Å². The van der Waals surface area contributed by atoms with Gasteiger partial charge in [0.15, 0.2) is 5.78 Å². The summed E-state index contributed by atoms with van der Waals surface area (Å²) in [4.78, 5) is 25.5. The summed E-state index contributed by atoms with van der Waals surface area (Å²) < 4.78 is 5.37. The van der Waals surface area contributed by atoms with E-state index in [4.69, 9.17) is 4.74 Å². The molecule has 0 bridgehead atoms. The van der Waals surface area contributed by atoms with Crippen LogP contribution in [0.2, 0.25) is 0 Å². The van der Waals surface area contributed by atoms with Crippen molar-refractivity contribution in [1.82, 2.24) is 0 Å². The van der Waals surface area contributed by atoms with Crippen LogP contribution in [-0.2, 0) is 9.59 Å². The standard InChI is InChI=1S/C16H21NO4/c1-3-14(18)13-10-11(16(19)20)8-9-17(13)12-6-4-5-7-15(12)21-2/h4-7,11,13H,3,8-10H2,1-2H3,(H,19,20). The van der Waals surface area contributed by atoms with Crippen molar-refractivity contribution in [3.63, 3.8) is 0 Å². The maximum Gasteiger partial charge on any atom is 0.306 e. The third-order valence-corrected chi connectivity index (χ3v) is 4.07. The Kier molecular flexibility index (Phi) is 4.83. The molecule has 1 heterocycles. The van der Waals surface area contributed by atoms with Gasteiger partial charge in [0, 0.05) is 13.0 Å². The first-order valence-electron chi connectivity index (χ1n) is 7.23. The van der Waals surface area contributed by atoms with Crippen LogP contribution in [0.25, 0.3) is 0 Å². The second-order valence-corrected chi connectivity index (χ2v) is 5.26. The number of aliphatic carboxylic acids is 1. The Hall–Kier alpha value is -2.04. The highest BCUT2D eigenvalue weighted by atomic mass is 16.5. The monoisotopic (exact) mass is 291 g/mol. The van der Waals surface area contributed by atoms with Gasteiger partial charge in [-0.3, -0.25) is 9.59 Å². The number of piperidine rings is 1. The van der Waals surface area contributed by atoms with Crippen molar-refractivity contribution in [3.8, 4) is 5.75 Å². The molecule has 5 nitrogen and oxygen atoms in total. The number of carbonyl (C=O) groups is 2. The van der Waals surface area contributed by atoms with Crippen molar-refractivity contribution in [3.05, 3.63) is 24.3 Å². The molecule has 2 unspecified atom stereocenters. The van der Waals surface area contributed by atoms with E-state index in [0.29, 0.717) is 31.6 Å². The van der Waals surface area contributed by atoms with Gasteiger partial charge in [-0.1, -0.05) is 19.1 Å². The average Bonchev–Trinajstić information content (AvgIpc) is 2.53. The van der Waals surface area contributed by atoms with Gasteiger partial charge in [-0.25, -0.2) is 0 Å². The van der Waals surface area contributed by atoms with Crippen LogP contribution in [0.5, 0.6) is 5.75 Å². The number of ketones is 1. The molecule has 114 valence electrons. The summed E-state index contributed by atoms with van der Waals surface area (Å²) >= 11 is 0. The Morgan fingerprint density at radius 3 is 2.71 bits per heavy atom. The molecule has 0 amide bonds. The van der Waals surface area contributed by atoms with Gasteiger partial charge < -0.3 is 14.7 Å². The fourth-order valence-electron chi connectivity index (χ4n) is 2.89. The van der Waals surface area contributed by atoms with E-state index in [1.807, 2.05) is 36.1 Å². The van der Waals surface area contributed by atoms with Crippen LogP contribution in [0.1, 0.15) is 26.2 Å². The zero-order chi connectivity index (χ0) is 15.4. The molecule has 1 aromatic rings. The quantitative estimate of drug-likeness (QED) is 0.902. The molecule has 1 aliphatic heterocycles. The van der Waals surface area contributed by atoms with Crippen molar-refractivity contribution < 1.29 is 19.4 Å². The smallest absolute Gasteiger partial charge is 0.306 e. The van der Waals surface area contributed by atoms with Gasteiger partial charge in [-0.2, -0.15) is 0 Å². The molecule has 2 atom stereocenters. The molecule has 0 aromatic heterocycles. The van der Waals surface area contributed by atoms with E-state index in [1.54, 1.807) is 7.11 Å². The van der Waals surface area contributed by atoms with Crippen LogP contribution in [0, 0.1) is 5.92 Å². The van der Waals surface area contributed by atoms with Crippen LogP contribution < -0.4 is 9.64 Å². The molecule has 1 N–H and O–H groups in total. The molecular weight excluding hydrogens is 270 g/mol. The van der Waals surface area contributed by atoms with E-state index in [0.717, 1.165) is 5.69 Å². The highest BCUT2D eigenvalue weighted by molar-refractivity contribution is 5.88. The molecule has 21 heavy (non-hydrogen) atoms. The number of methoxy groups -OCH3 is 1. The normalized spacial score (nSPS) is 21.9. The van der Waals surface area contributed by atoms with E-state index in [-0.39, 0.29) is 11.8 Å². The first-order valence-corrected chi connectivity index (χ1v) is 7.23. The fourth-order valence-corrected chi connectivity index (χ4v) is 2.89. The van der Waals surface area contributed by atoms with E-state index < -0.39 is 11.9 Å². The Bertz CT molecular complexity index is 529. The van der Waals surface area contributed by atoms with Gasteiger partial charge in [-0.05, 0) is 25.0 Å². The summed E-state index contributed by atoms with van der Waals surface area (Å²) in [6, 6.07) is 7.15. The second kappa shape index (κ2) is 6.61.